The van der Waals surface area contributed by atoms with Crippen molar-refractivity contribution in [3.05, 3.63) is 48.0 Å². The van der Waals surface area contributed by atoms with Gasteiger partial charge >= 0.3 is 0 Å². The van der Waals surface area contributed by atoms with Gasteiger partial charge in [-0.1, -0.05) is 6.07 Å². The smallest absolute Gasteiger partial charge is 0.161 e. The Kier molecular flexibility index (Phi) is 3.54. The minimum atomic E-state index is 0.0996. The number of methoxy groups -OCH3 is 1. The van der Waals surface area contributed by atoms with Crippen LogP contribution in [-0.2, 0) is 6.42 Å². The van der Waals surface area contributed by atoms with Crippen LogP contribution in [0.5, 0.6) is 11.5 Å². The van der Waals surface area contributed by atoms with Crippen molar-refractivity contribution in [2.75, 3.05) is 13.7 Å². The van der Waals surface area contributed by atoms with E-state index in [4.69, 9.17) is 14.3 Å². The number of phenols is 1. The Morgan fingerprint density at radius 2 is 1.95 bits per heavy atom. The topological polar surface area (TPSA) is 62.8 Å². The van der Waals surface area contributed by atoms with Gasteiger partial charge in [0.2, 0.25) is 0 Å². The number of aromatic hydroxyl groups is 1. The molecule has 4 heteroatoms. The van der Waals surface area contributed by atoms with Crippen molar-refractivity contribution in [3.63, 3.8) is 0 Å². The summed E-state index contributed by atoms with van der Waals surface area (Å²) in [6.07, 6.45) is 0.628. The molecule has 2 N–H and O–H groups in total. The molecule has 4 nitrogen and oxygen atoms in total. The summed E-state index contributed by atoms with van der Waals surface area (Å²) in [4.78, 5) is 0. The molecule has 0 fully saturated rings. The maximum absolute atomic E-state index is 9.64. The maximum atomic E-state index is 9.64. The second kappa shape index (κ2) is 5.50. The van der Waals surface area contributed by atoms with Gasteiger partial charge in [0.25, 0.3) is 0 Å². The Morgan fingerprint density at radius 1 is 1.10 bits per heavy atom. The Morgan fingerprint density at radius 3 is 2.71 bits per heavy atom. The molecule has 1 heterocycles. The van der Waals surface area contributed by atoms with E-state index in [1.165, 1.54) is 7.11 Å². The highest BCUT2D eigenvalue weighted by molar-refractivity contribution is 5.83. The van der Waals surface area contributed by atoms with Crippen LogP contribution in [0.3, 0.4) is 0 Å². The first-order valence-corrected chi connectivity index (χ1v) is 6.72. The molecule has 3 aromatic rings. The molecular weight excluding hydrogens is 268 g/mol. The van der Waals surface area contributed by atoms with Crippen molar-refractivity contribution in [2.24, 2.45) is 0 Å². The number of furan rings is 1. The first-order chi connectivity index (χ1) is 10.2. The van der Waals surface area contributed by atoms with Gasteiger partial charge < -0.3 is 19.4 Å². The third-order valence-electron chi connectivity index (χ3n) is 3.45. The van der Waals surface area contributed by atoms with Crippen LogP contribution < -0.4 is 4.74 Å². The van der Waals surface area contributed by atoms with Crippen molar-refractivity contribution in [1.82, 2.24) is 0 Å². The van der Waals surface area contributed by atoms with E-state index < -0.39 is 0 Å². The molecule has 21 heavy (non-hydrogen) atoms. The lowest BCUT2D eigenvalue weighted by Crippen LogP contribution is -1.88. The Labute approximate surface area is 122 Å². The second-order valence-electron chi connectivity index (χ2n) is 4.84. The highest BCUT2D eigenvalue weighted by atomic mass is 16.5. The van der Waals surface area contributed by atoms with Crippen LogP contribution in [0.1, 0.15) is 5.56 Å². The number of hydrogen-bond donors (Lipinski definition) is 2. The predicted molar refractivity (Wildman–Crippen MR) is 80.7 cm³/mol. The molecule has 0 radical (unpaired) electrons. The molecule has 0 bridgehead atoms. The standard InChI is InChI=1S/C17H16O4/c1-20-17-9-12(3-4-14(17)19)16-10-13-8-11(6-7-18)2-5-15(13)21-16/h2-5,8-10,18-19H,6-7H2,1H3. The molecule has 108 valence electrons. The van der Waals surface area contributed by atoms with E-state index in [0.29, 0.717) is 17.9 Å². The zero-order valence-corrected chi connectivity index (χ0v) is 11.7. The van der Waals surface area contributed by atoms with E-state index in [1.807, 2.05) is 24.3 Å². The summed E-state index contributed by atoms with van der Waals surface area (Å²) in [5, 5.41) is 19.6. The van der Waals surface area contributed by atoms with E-state index in [-0.39, 0.29) is 12.4 Å². The fourth-order valence-corrected chi connectivity index (χ4v) is 2.35. The third kappa shape index (κ3) is 2.58. The molecule has 2 aromatic carbocycles. The SMILES string of the molecule is COc1cc(-c2cc3cc(CCO)ccc3o2)ccc1O. The number of rotatable bonds is 4. The summed E-state index contributed by atoms with van der Waals surface area (Å²) in [5.41, 5.74) is 2.70. The molecule has 0 spiro atoms. The number of ether oxygens (including phenoxy) is 1. The van der Waals surface area contributed by atoms with E-state index in [9.17, 15) is 5.11 Å². The Hall–Kier alpha value is -2.46. The molecule has 1 aromatic heterocycles. The predicted octanol–water partition coefficient (Wildman–Crippen LogP) is 3.35. The lowest BCUT2D eigenvalue weighted by Gasteiger charge is -2.04. The largest absolute Gasteiger partial charge is 0.504 e. The lowest BCUT2D eigenvalue weighted by atomic mass is 10.1. The number of aliphatic hydroxyl groups is 1. The van der Waals surface area contributed by atoms with E-state index >= 15 is 0 Å². The number of fused-ring (bicyclic) bond motifs is 1. The first-order valence-electron chi connectivity index (χ1n) is 6.72. The Bertz CT molecular complexity index is 774. The van der Waals surface area contributed by atoms with E-state index in [2.05, 4.69) is 0 Å². The molecule has 0 saturated carbocycles. The summed E-state index contributed by atoms with van der Waals surface area (Å²) < 4.78 is 10.9. The van der Waals surface area contributed by atoms with Gasteiger partial charge in [-0.15, -0.1) is 0 Å². The molecule has 0 aliphatic carbocycles. The van der Waals surface area contributed by atoms with Gasteiger partial charge in [0.15, 0.2) is 11.5 Å². The van der Waals surface area contributed by atoms with Gasteiger partial charge in [0.05, 0.1) is 7.11 Å². The van der Waals surface area contributed by atoms with Crippen molar-refractivity contribution in [2.45, 2.75) is 6.42 Å². The Balaban J connectivity index is 2.04. The molecule has 0 atom stereocenters. The highest BCUT2D eigenvalue weighted by Gasteiger charge is 2.10. The molecule has 0 aliphatic rings. The fourth-order valence-electron chi connectivity index (χ4n) is 2.35. The average molecular weight is 284 g/mol. The van der Waals surface area contributed by atoms with Gasteiger partial charge in [-0.3, -0.25) is 0 Å². The average Bonchev–Trinajstić information content (AvgIpc) is 2.91. The monoisotopic (exact) mass is 284 g/mol. The highest BCUT2D eigenvalue weighted by Crippen LogP contribution is 2.34. The minimum Gasteiger partial charge on any atom is -0.504 e. The van der Waals surface area contributed by atoms with E-state index in [0.717, 1.165) is 22.1 Å². The molecule has 0 unspecified atom stereocenters. The summed E-state index contributed by atoms with van der Waals surface area (Å²) in [7, 11) is 1.51. The van der Waals surface area contributed by atoms with Gasteiger partial charge in [-0.25, -0.2) is 0 Å². The zero-order chi connectivity index (χ0) is 14.8. The molecule has 0 aliphatic heterocycles. The van der Waals surface area contributed by atoms with E-state index in [1.54, 1.807) is 18.2 Å². The number of phenolic OH excluding ortho intramolecular Hbond substituents is 1. The van der Waals surface area contributed by atoms with Crippen LogP contribution in [0, 0.1) is 0 Å². The zero-order valence-electron chi connectivity index (χ0n) is 11.7. The summed E-state index contributed by atoms with van der Waals surface area (Å²) in [6.45, 7) is 0.130. The van der Waals surface area contributed by atoms with Crippen molar-refractivity contribution >= 4 is 11.0 Å². The second-order valence-corrected chi connectivity index (χ2v) is 4.84. The molecule has 0 saturated heterocycles. The first kappa shape index (κ1) is 13.5. The van der Waals surface area contributed by atoms with Gasteiger partial charge in [-0.2, -0.15) is 0 Å². The van der Waals surface area contributed by atoms with Crippen LogP contribution in [0.2, 0.25) is 0 Å². The lowest BCUT2D eigenvalue weighted by molar-refractivity contribution is 0.299. The molecule has 0 amide bonds. The maximum Gasteiger partial charge on any atom is 0.161 e. The molecule has 3 rings (SSSR count). The number of aliphatic hydroxyl groups excluding tert-OH is 1. The fraction of sp³-hybridized carbons (Fsp3) is 0.176. The van der Waals surface area contributed by atoms with Crippen LogP contribution in [0.15, 0.2) is 46.9 Å². The normalized spacial score (nSPS) is 11.0. The van der Waals surface area contributed by atoms with Crippen molar-refractivity contribution in [3.8, 4) is 22.8 Å². The van der Waals surface area contributed by atoms with Gasteiger partial charge in [0.1, 0.15) is 11.3 Å². The summed E-state index contributed by atoms with van der Waals surface area (Å²) in [6, 6.07) is 12.9. The van der Waals surface area contributed by atoms with Crippen LogP contribution in [0.25, 0.3) is 22.3 Å². The molecular formula is C17H16O4. The number of hydrogen-bond acceptors (Lipinski definition) is 4. The van der Waals surface area contributed by atoms with Crippen molar-refractivity contribution < 1.29 is 19.4 Å². The quantitative estimate of drug-likeness (QED) is 0.771. The van der Waals surface area contributed by atoms with Crippen LogP contribution in [-0.4, -0.2) is 23.9 Å². The summed E-state index contributed by atoms with van der Waals surface area (Å²) in [5.74, 6) is 1.22. The van der Waals surface area contributed by atoms with Crippen LogP contribution in [0.4, 0.5) is 0 Å². The minimum absolute atomic E-state index is 0.0996. The van der Waals surface area contributed by atoms with Crippen LogP contribution >= 0.6 is 0 Å². The third-order valence-corrected chi connectivity index (χ3v) is 3.45. The summed E-state index contributed by atoms with van der Waals surface area (Å²) >= 11 is 0. The number of benzene rings is 2. The van der Waals surface area contributed by atoms with Crippen molar-refractivity contribution in [1.29, 1.82) is 0 Å². The van der Waals surface area contributed by atoms with Gasteiger partial charge in [0, 0.05) is 17.6 Å². The van der Waals surface area contributed by atoms with Gasteiger partial charge in [-0.05, 0) is 48.4 Å².